The number of carboxylic acid groups (broad SMARTS) is 1. The summed E-state index contributed by atoms with van der Waals surface area (Å²) in [7, 11) is 0. The Morgan fingerprint density at radius 3 is 2.87 bits per heavy atom. The third-order valence-corrected chi connectivity index (χ3v) is 2.85. The van der Waals surface area contributed by atoms with Gasteiger partial charge in [-0.05, 0) is 32.7 Å². The molecule has 2 unspecified atom stereocenters. The number of ether oxygens (including phenoxy) is 1. The smallest absolute Gasteiger partial charge is 0.303 e. The van der Waals surface area contributed by atoms with Gasteiger partial charge >= 0.3 is 5.97 Å². The molecular formula is C11H21NO3. The van der Waals surface area contributed by atoms with Gasteiger partial charge in [0.15, 0.2) is 0 Å². The third kappa shape index (κ3) is 5.14. The Morgan fingerprint density at radius 2 is 2.27 bits per heavy atom. The molecule has 2 atom stereocenters. The van der Waals surface area contributed by atoms with Gasteiger partial charge in [-0.15, -0.1) is 0 Å². The molecule has 1 aliphatic rings. The Bertz CT molecular complexity index is 196. The highest BCUT2D eigenvalue weighted by atomic mass is 16.5. The molecule has 0 radical (unpaired) electrons. The fourth-order valence-electron chi connectivity index (χ4n) is 1.87. The monoisotopic (exact) mass is 215 g/mol. The first-order valence-corrected chi connectivity index (χ1v) is 5.77. The van der Waals surface area contributed by atoms with E-state index < -0.39 is 5.97 Å². The van der Waals surface area contributed by atoms with E-state index in [-0.39, 0.29) is 0 Å². The summed E-state index contributed by atoms with van der Waals surface area (Å²) < 4.78 is 5.43. The summed E-state index contributed by atoms with van der Waals surface area (Å²) in [4.78, 5) is 10.3. The minimum Gasteiger partial charge on any atom is -0.481 e. The molecule has 0 aliphatic carbocycles. The lowest BCUT2D eigenvalue weighted by Gasteiger charge is -2.15. The van der Waals surface area contributed by atoms with Crippen molar-refractivity contribution in [2.45, 2.75) is 51.2 Å². The van der Waals surface area contributed by atoms with E-state index in [2.05, 4.69) is 12.2 Å². The fraction of sp³-hybridized carbons (Fsp3) is 0.909. The zero-order valence-electron chi connectivity index (χ0n) is 9.37. The van der Waals surface area contributed by atoms with Crippen LogP contribution in [0.15, 0.2) is 0 Å². The summed E-state index contributed by atoms with van der Waals surface area (Å²) in [6.45, 7) is 3.92. The Morgan fingerprint density at radius 1 is 1.47 bits per heavy atom. The predicted molar refractivity (Wildman–Crippen MR) is 57.9 cm³/mol. The maximum absolute atomic E-state index is 10.3. The topological polar surface area (TPSA) is 58.6 Å². The summed E-state index contributed by atoms with van der Waals surface area (Å²) in [6.07, 6.45) is 4.54. The fourth-order valence-corrected chi connectivity index (χ4v) is 1.87. The van der Waals surface area contributed by atoms with Crippen molar-refractivity contribution in [2.24, 2.45) is 0 Å². The lowest BCUT2D eigenvalue weighted by Crippen LogP contribution is -2.35. The van der Waals surface area contributed by atoms with Gasteiger partial charge in [0.25, 0.3) is 0 Å². The molecule has 1 aliphatic heterocycles. The number of hydrogen-bond acceptors (Lipinski definition) is 3. The number of aliphatic carboxylic acids is 1. The van der Waals surface area contributed by atoms with Gasteiger partial charge in [0.1, 0.15) is 0 Å². The van der Waals surface area contributed by atoms with E-state index in [1.807, 2.05) is 0 Å². The minimum absolute atomic E-state index is 0.295. The van der Waals surface area contributed by atoms with Crippen molar-refractivity contribution >= 4 is 5.97 Å². The number of hydrogen-bond donors (Lipinski definition) is 2. The second kappa shape index (κ2) is 6.80. The molecule has 2 N–H and O–H groups in total. The molecule has 15 heavy (non-hydrogen) atoms. The van der Waals surface area contributed by atoms with Crippen molar-refractivity contribution in [1.82, 2.24) is 5.32 Å². The van der Waals surface area contributed by atoms with Gasteiger partial charge in [0.2, 0.25) is 0 Å². The van der Waals surface area contributed by atoms with E-state index in [1.54, 1.807) is 0 Å². The van der Waals surface area contributed by atoms with E-state index in [0.29, 0.717) is 18.6 Å². The van der Waals surface area contributed by atoms with Gasteiger partial charge in [0, 0.05) is 19.1 Å². The molecule has 4 nitrogen and oxygen atoms in total. The highest BCUT2D eigenvalue weighted by Gasteiger charge is 2.22. The van der Waals surface area contributed by atoms with Crippen LogP contribution >= 0.6 is 0 Å². The van der Waals surface area contributed by atoms with Crippen LogP contribution in [0.5, 0.6) is 0 Å². The Hall–Kier alpha value is -0.610. The predicted octanol–water partition coefficient (Wildman–Crippen LogP) is 1.40. The molecule has 0 bridgehead atoms. The van der Waals surface area contributed by atoms with Crippen LogP contribution in [0.3, 0.4) is 0 Å². The summed E-state index contributed by atoms with van der Waals surface area (Å²) in [6, 6.07) is 0.490. The molecule has 0 aromatic rings. The van der Waals surface area contributed by atoms with Gasteiger partial charge in [-0.3, -0.25) is 4.79 Å². The maximum Gasteiger partial charge on any atom is 0.303 e. The van der Waals surface area contributed by atoms with Crippen LogP contribution in [-0.2, 0) is 9.53 Å². The van der Waals surface area contributed by atoms with Gasteiger partial charge in [-0.2, -0.15) is 0 Å². The number of nitrogens with one attached hydrogen (secondary N) is 1. The quantitative estimate of drug-likeness (QED) is 0.630. The van der Waals surface area contributed by atoms with Crippen LogP contribution in [0.4, 0.5) is 0 Å². The SMILES string of the molecule is CC1OCCC1NCCCCCC(=O)O. The Kier molecular flexibility index (Phi) is 5.65. The van der Waals surface area contributed by atoms with Crippen LogP contribution in [0, 0.1) is 0 Å². The number of carboxylic acids is 1. The molecule has 0 saturated carbocycles. The summed E-state index contributed by atoms with van der Waals surface area (Å²) in [5.41, 5.74) is 0. The van der Waals surface area contributed by atoms with Crippen molar-refractivity contribution in [2.75, 3.05) is 13.2 Å². The van der Waals surface area contributed by atoms with Gasteiger partial charge in [-0.25, -0.2) is 0 Å². The molecule has 4 heteroatoms. The van der Waals surface area contributed by atoms with Gasteiger partial charge in [0.05, 0.1) is 6.10 Å². The van der Waals surface area contributed by atoms with E-state index in [9.17, 15) is 4.79 Å². The average molecular weight is 215 g/mol. The molecule has 0 amide bonds. The molecule has 1 saturated heterocycles. The van der Waals surface area contributed by atoms with Crippen molar-refractivity contribution in [1.29, 1.82) is 0 Å². The van der Waals surface area contributed by atoms with Gasteiger partial charge in [-0.1, -0.05) is 6.42 Å². The highest BCUT2D eigenvalue weighted by Crippen LogP contribution is 2.12. The van der Waals surface area contributed by atoms with E-state index in [0.717, 1.165) is 38.8 Å². The number of carbonyl (C=O) groups is 1. The van der Waals surface area contributed by atoms with E-state index in [1.165, 1.54) is 0 Å². The first-order chi connectivity index (χ1) is 7.20. The highest BCUT2D eigenvalue weighted by molar-refractivity contribution is 5.66. The third-order valence-electron chi connectivity index (χ3n) is 2.85. The molecule has 1 rings (SSSR count). The molecule has 1 heterocycles. The van der Waals surface area contributed by atoms with Crippen molar-refractivity contribution < 1.29 is 14.6 Å². The Balaban J connectivity index is 1.90. The summed E-state index contributed by atoms with van der Waals surface area (Å²) in [5, 5.41) is 11.9. The first kappa shape index (κ1) is 12.5. The average Bonchev–Trinajstić information content (AvgIpc) is 2.57. The standard InChI is InChI=1S/C11H21NO3/c1-9-10(6-8-15-9)12-7-4-2-3-5-11(13)14/h9-10,12H,2-8H2,1H3,(H,13,14). The molecular weight excluding hydrogens is 194 g/mol. The van der Waals surface area contributed by atoms with E-state index in [4.69, 9.17) is 9.84 Å². The lowest BCUT2D eigenvalue weighted by atomic mass is 10.1. The number of rotatable bonds is 7. The zero-order valence-corrected chi connectivity index (χ0v) is 9.37. The molecule has 0 aromatic carbocycles. The van der Waals surface area contributed by atoms with Crippen LogP contribution in [-0.4, -0.2) is 36.4 Å². The van der Waals surface area contributed by atoms with Crippen LogP contribution in [0.1, 0.15) is 39.0 Å². The molecule has 0 spiro atoms. The summed E-state index contributed by atoms with van der Waals surface area (Å²) >= 11 is 0. The molecule has 1 fully saturated rings. The minimum atomic E-state index is -0.694. The van der Waals surface area contributed by atoms with Crippen molar-refractivity contribution in [3.63, 3.8) is 0 Å². The zero-order chi connectivity index (χ0) is 11.1. The molecule has 88 valence electrons. The second-order valence-corrected chi connectivity index (χ2v) is 4.13. The lowest BCUT2D eigenvalue weighted by molar-refractivity contribution is -0.137. The molecule has 0 aromatic heterocycles. The van der Waals surface area contributed by atoms with Crippen molar-refractivity contribution in [3.8, 4) is 0 Å². The van der Waals surface area contributed by atoms with Crippen LogP contribution in [0.2, 0.25) is 0 Å². The van der Waals surface area contributed by atoms with Crippen molar-refractivity contribution in [3.05, 3.63) is 0 Å². The maximum atomic E-state index is 10.3. The second-order valence-electron chi connectivity index (χ2n) is 4.13. The van der Waals surface area contributed by atoms with Gasteiger partial charge < -0.3 is 15.2 Å². The largest absolute Gasteiger partial charge is 0.481 e. The first-order valence-electron chi connectivity index (χ1n) is 5.77. The normalized spacial score (nSPS) is 25.7. The van der Waals surface area contributed by atoms with Crippen LogP contribution in [0.25, 0.3) is 0 Å². The number of unbranched alkanes of at least 4 members (excludes halogenated alkanes) is 2. The Labute approximate surface area is 91.0 Å². The summed E-state index contributed by atoms with van der Waals surface area (Å²) in [5.74, 6) is -0.694. The van der Waals surface area contributed by atoms with E-state index >= 15 is 0 Å². The van der Waals surface area contributed by atoms with Crippen LogP contribution < -0.4 is 5.32 Å².